The number of ether oxygens (including phenoxy) is 2. The summed E-state index contributed by atoms with van der Waals surface area (Å²) < 4.78 is 10.4. The number of nitrogens with two attached hydrogens (primary N) is 1. The van der Waals surface area contributed by atoms with E-state index in [0.29, 0.717) is 13.2 Å². The zero-order valence-corrected chi connectivity index (χ0v) is 9.74. The van der Waals surface area contributed by atoms with E-state index in [0.717, 1.165) is 25.0 Å². The molecule has 0 heterocycles. The van der Waals surface area contributed by atoms with Gasteiger partial charge in [-0.1, -0.05) is 12.1 Å². The third-order valence-corrected chi connectivity index (χ3v) is 2.93. The van der Waals surface area contributed by atoms with E-state index >= 15 is 0 Å². The minimum Gasteiger partial charge on any atom is -0.491 e. The first-order chi connectivity index (χ1) is 7.72. The molecule has 1 aromatic carbocycles. The van der Waals surface area contributed by atoms with Gasteiger partial charge in [0.05, 0.1) is 6.61 Å². The van der Waals surface area contributed by atoms with Crippen LogP contribution >= 0.6 is 0 Å². The average molecular weight is 221 g/mol. The van der Waals surface area contributed by atoms with Gasteiger partial charge in [-0.25, -0.2) is 0 Å². The van der Waals surface area contributed by atoms with Crippen molar-refractivity contribution in [2.24, 2.45) is 5.73 Å². The quantitative estimate of drug-likeness (QED) is 0.744. The van der Waals surface area contributed by atoms with Gasteiger partial charge in [-0.05, 0) is 37.0 Å². The number of benzene rings is 1. The van der Waals surface area contributed by atoms with Crippen LogP contribution in [0.25, 0.3) is 0 Å². The van der Waals surface area contributed by atoms with E-state index in [1.807, 2.05) is 12.1 Å². The first kappa shape index (κ1) is 11.4. The van der Waals surface area contributed by atoms with Gasteiger partial charge in [0.15, 0.2) is 0 Å². The van der Waals surface area contributed by atoms with Gasteiger partial charge < -0.3 is 15.2 Å². The van der Waals surface area contributed by atoms with Crippen molar-refractivity contribution in [3.05, 3.63) is 29.8 Å². The Morgan fingerprint density at radius 3 is 2.44 bits per heavy atom. The van der Waals surface area contributed by atoms with E-state index in [9.17, 15) is 0 Å². The highest BCUT2D eigenvalue weighted by Crippen LogP contribution is 2.35. The lowest BCUT2D eigenvalue weighted by Crippen LogP contribution is -2.24. The van der Waals surface area contributed by atoms with Crippen molar-refractivity contribution in [2.45, 2.75) is 24.8 Å². The Morgan fingerprint density at radius 2 is 1.88 bits per heavy atom. The van der Waals surface area contributed by atoms with Crippen LogP contribution in [-0.2, 0) is 11.2 Å². The summed E-state index contributed by atoms with van der Waals surface area (Å²) in [6.07, 6.45) is 3.28. The molecule has 0 aromatic heterocycles. The third kappa shape index (κ3) is 3.22. The lowest BCUT2D eigenvalue weighted by Gasteiger charge is -2.09. The monoisotopic (exact) mass is 221 g/mol. The zero-order chi connectivity index (χ0) is 11.4. The molecule has 0 amide bonds. The van der Waals surface area contributed by atoms with Crippen LogP contribution in [0.4, 0.5) is 0 Å². The maximum Gasteiger partial charge on any atom is 0.119 e. The molecule has 16 heavy (non-hydrogen) atoms. The highest BCUT2D eigenvalue weighted by atomic mass is 16.5. The predicted molar refractivity (Wildman–Crippen MR) is 63.7 cm³/mol. The van der Waals surface area contributed by atoms with Crippen LogP contribution in [-0.4, -0.2) is 25.9 Å². The van der Waals surface area contributed by atoms with Crippen molar-refractivity contribution in [1.29, 1.82) is 0 Å². The molecule has 2 rings (SSSR count). The Balaban J connectivity index is 1.84. The molecule has 0 aliphatic heterocycles. The summed E-state index contributed by atoms with van der Waals surface area (Å²) in [5.74, 6) is 0.891. The fraction of sp³-hybridized carbons (Fsp3) is 0.538. The number of hydrogen-bond acceptors (Lipinski definition) is 3. The number of rotatable bonds is 6. The van der Waals surface area contributed by atoms with Crippen LogP contribution in [0.3, 0.4) is 0 Å². The average Bonchev–Trinajstić information content (AvgIpc) is 2.99. The first-order valence-electron chi connectivity index (χ1n) is 5.71. The molecular formula is C13H19NO2. The molecule has 1 aromatic rings. The van der Waals surface area contributed by atoms with Crippen molar-refractivity contribution < 1.29 is 9.47 Å². The van der Waals surface area contributed by atoms with E-state index in [4.69, 9.17) is 15.2 Å². The van der Waals surface area contributed by atoms with Crippen LogP contribution in [0.15, 0.2) is 24.3 Å². The largest absolute Gasteiger partial charge is 0.491 e. The normalized spacial score (nSPS) is 17.1. The Labute approximate surface area is 96.5 Å². The Kier molecular flexibility index (Phi) is 3.46. The highest BCUT2D eigenvalue weighted by molar-refractivity contribution is 5.29. The maximum atomic E-state index is 6.07. The fourth-order valence-corrected chi connectivity index (χ4v) is 1.69. The van der Waals surface area contributed by atoms with E-state index in [-0.39, 0.29) is 5.54 Å². The topological polar surface area (TPSA) is 44.5 Å². The van der Waals surface area contributed by atoms with Gasteiger partial charge >= 0.3 is 0 Å². The van der Waals surface area contributed by atoms with Gasteiger partial charge in [-0.3, -0.25) is 0 Å². The van der Waals surface area contributed by atoms with Gasteiger partial charge in [-0.2, -0.15) is 0 Å². The smallest absolute Gasteiger partial charge is 0.119 e. The zero-order valence-electron chi connectivity index (χ0n) is 9.74. The van der Waals surface area contributed by atoms with Crippen molar-refractivity contribution in [2.75, 3.05) is 20.3 Å². The van der Waals surface area contributed by atoms with E-state index in [1.54, 1.807) is 7.11 Å². The van der Waals surface area contributed by atoms with Crippen molar-refractivity contribution in [1.82, 2.24) is 0 Å². The van der Waals surface area contributed by atoms with Gasteiger partial charge in [-0.15, -0.1) is 0 Å². The molecule has 0 unspecified atom stereocenters. The lowest BCUT2D eigenvalue weighted by molar-refractivity contribution is 0.146. The number of methoxy groups -OCH3 is 1. The Hall–Kier alpha value is -1.06. The molecule has 0 bridgehead atoms. The molecular weight excluding hydrogens is 202 g/mol. The van der Waals surface area contributed by atoms with Crippen LogP contribution < -0.4 is 10.5 Å². The molecule has 0 atom stereocenters. The summed E-state index contributed by atoms with van der Waals surface area (Å²) in [5, 5.41) is 0. The van der Waals surface area contributed by atoms with E-state index in [2.05, 4.69) is 12.1 Å². The molecule has 3 heteroatoms. The minimum atomic E-state index is 0.0818. The summed E-state index contributed by atoms with van der Waals surface area (Å²) >= 11 is 0. The maximum absolute atomic E-state index is 6.07. The van der Waals surface area contributed by atoms with Crippen LogP contribution in [0.1, 0.15) is 18.4 Å². The van der Waals surface area contributed by atoms with Gasteiger partial charge in [0, 0.05) is 12.6 Å². The summed E-state index contributed by atoms with van der Waals surface area (Å²) in [6, 6.07) is 8.18. The molecule has 0 spiro atoms. The second-order valence-electron chi connectivity index (χ2n) is 4.52. The SMILES string of the molecule is COCCOc1ccc(CC2(N)CC2)cc1. The van der Waals surface area contributed by atoms with Gasteiger partial charge in [0.25, 0.3) is 0 Å². The highest BCUT2D eigenvalue weighted by Gasteiger charge is 2.37. The minimum absolute atomic E-state index is 0.0818. The molecule has 1 aliphatic carbocycles. The Morgan fingerprint density at radius 1 is 1.19 bits per heavy atom. The Bertz CT molecular complexity index is 330. The van der Waals surface area contributed by atoms with Crippen LogP contribution in [0, 0.1) is 0 Å². The van der Waals surface area contributed by atoms with E-state index in [1.165, 1.54) is 5.56 Å². The van der Waals surface area contributed by atoms with Gasteiger partial charge in [0.2, 0.25) is 0 Å². The van der Waals surface area contributed by atoms with Crippen LogP contribution in [0.5, 0.6) is 5.75 Å². The van der Waals surface area contributed by atoms with Crippen LogP contribution in [0.2, 0.25) is 0 Å². The molecule has 1 fully saturated rings. The van der Waals surface area contributed by atoms with E-state index < -0.39 is 0 Å². The summed E-state index contributed by atoms with van der Waals surface area (Å²) in [7, 11) is 1.67. The second kappa shape index (κ2) is 4.85. The fourth-order valence-electron chi connectivity index (χ4n) is 1.69. The van der Waals surface area contributed by atoms with Crippen molar-refractivity contribution in [3.8, 4) is 5.75 Å². The number of hydrogen-bond donors (Lipinski definition) is 1. The molecule has 0 radical (unpaired) electrons. The molecule has 88 valence electrons. The molecule has 0 saturated heterocycles. The van der Waals surface area contributed by atoms with Crippen molar-refractivity contribution in [3.63, 3.8) is 0 Å². The predicted octanol–water partition coefficient (Wildman–Crippen LogP) is 1.75. The summed E-state index contributed by atoms with van der Waals surface area (Å²) in [5.41, 5.74) is 7.44. The van der Waals surface area contributed by atoms with Crippen molar-refractivity contribution >= 4 is 0 Å². The lowest BCUT2D eigenvalue weighted by atomic mass is 10.1. The molecule has 2 N–H and O–H groups in total. The first-order valence-corrected chi connectivity index (χ1v) is 5.71. The second-order valence-corrected chi connectivity index (χ2v) is 4.52. The summed E-state index contributed by atoms with van der Waals surface area (Å²) in [4.78, 5) is 0. The molecule has 1 saturated carbocycles. The summed E-state index contributed by atoms with van der Waals surface area (Å²) in [6.45, 7) is 1.21. The molecule has 1 aliphatic rings. The molecule has 3 nitrogen and oxygen atoms in total. The standard InChI is InChI=1S/C13H19NO2/c1-15-8-9-16-12-4-2-11(3-5-12)10-13(14)6-7-13/h2-5H,6-10,14H2,1H3. The van der Waals surface area contributed by atoms with Gasteiger partial charge in [0.1, 0.15) is 12.4 Å². The third-order valence-electron chi connectivity index (χ3n) is 2.93.